The van der Waals surface area contributed by atoms with Crippen molar-refractivity contribution in [2.24, 2.45) is 0 Å². The van der Waals surface area contributed by atoms with Gasteiger partial charge in [-0.3, -0.25) is 0 Å². The Morgan fingerprint density at radius 3 is 2.39 bits per heavy atom. The van der Waals surface area contributed by atoms with Crippen LogP contribution in [0.1, 0.15) is 32.1 Å². The first-order valence-electron chi connectivity index (χ1n) is 10.5. The molecule has 0 bridgehead atoms. The van der Waals surface area contributed by atoms with Crippen molar-refractivity contribution >= 4 is 17.5 Å². The number of hydrogen-bond acceptors (Lipinski definition) is 5. The van der Waals surface area contributed by atoms with E-state index in [0.717, 1.165) is 44.2 Å². The van der Waals surface area contributed by atoms with Crippen LogP contribution in [0.25, 0.3) is 11.3 Å². The van der Waals surface area contributed by atoms with Crippen LogP contribution in [0.5, 0.6) is 5.75 Å². The Bertz CT molecular complexity index is 1120. The topological polar surface area (TPSA) is 59.1 Å². The van der Waals surface area contributed by atoms with Gasteiger partial charge in [0, 0.05) is 29.4 Å². The second-order valence-electron chi connectivity index (χ2n) is 7.77. The highest BCUT2D eigenvalue weighted by Gasteiger charge is 2.31. The van der Waals surface area contributed by atoms with Gasteiger partial charge < -0.3 is 15.4 Å². The standard InChI is InChI=1S/C23H21F5N4O/c24-18-10-9-16(12-19(18)25)29-21-13-20(14-5-4-8-17(11-14)33-23(26,27)28)31-22(32-21)30-15-6-2-1-3-7-15/h4-5,8-13,15H,1-3,6-7H2,(H2,29,30,31,32). The zero-order valence-electron chi connectivity index (χ0n) is 17.4. The molecule has 10 heteroatoms. The van der Waals surface area contributed by atoms with Crippen molar-refractivity contribution < 1.29 is 26.7 Å². The number of alkyl halides is 3. The van der Waals surface area contributed by atoms with E-state index in [2.05, 4.69) is 25.3 Å². The van der Waals surface area contributed by atoms with Crippen LogP contribution in [0, 0.1) is 11.6 Å². The SMILES string of the molecule is Fc1ccc(Nc2cc(-c3cccc(OC(F)(F)F)c3)nc(NC3CCCCC3)n2)cc1F. The summed E-state index contributed by atoms with van der Waals surface area (Å²) in [5.41, 5.74) is 0.969. The number of nitrogens with zero attached hydrogens (tertiary/aromatic N) is 2. The van der Waals surface area contributed by atoms with Crippen LogP contribution >= 0.6 is 0 Å². The minimum atomic E-state index is -4.82. The van der Waals surface area contributed by atoms with Crippen LogP contribution in [-0.2, 0) is 0 Å². The summed E-state index contributed by atoms with van der Waals surface area (Å²) in [7, 11) is 0. The van der Waals surface area contributed by atoms with Crippen LogP contribution in [0.2, 0.25) is 0 Å². The molecule has 1 heterocycles. The molecule has 1 aliphatic rings. The molecule has 1 saturated carbocycles. The number of aromatic nitrogens is 2. The Morgan fingerprint density at radius 2 is 1.67 bits per heavy atom. The molecular formula is C23H21F5N4O. The van der Waals surface area contributed by atoms with Gasteiger partial charge in [-0.15, -0.1) is 13.2 Å². The second kappa shape index (κ2) is 9.60. The fourth-order valence-electron chi connectivity index (χ4n) is 3.73. The lowest BCUT2D eigenvalue weighted by molar-refractivity contribution is -0.274. The summed E-state index contributed by atoms with van der Waals surface area (Å²) >= 11 is 0. The Morgan fingerprint density at radius 1 is 0.879 bits per heavy atom. The molecule has 4 rings (SSSR count). The van der Waals surface area contributed by atoms with Gasteiger partial charge in [-0.25, -0.2) is 13.8 Å². The molecule has 1 fully saturated rings. The molecule has 1 aliphatic carbocycles. The first-order valence-corrected chi connectivity index (χ1v) is 10.5. The van der Waals surface area contributed by atoms with Crippen molar-refractivity contribution in [3.63, 3.8) is 0 Å². The van der Waals surface area contributed by atoms with Crippen LogP contribution in [-0.4, -0.2) is 22.4 Å². The highest BCUT2D eigenvalue weighted by molar-refractivity contribution is 5.68. The van der Waals surface area contributed by atoms with Crippen LogP contribution in [0.4, 0.5) is 39.4 Å². The van der Waals surface area contributed by atoms with Gasteiger partial charge in [0.2, 0.25) is 5.95 Å². The summed E-state index contributed by atoms with van der Waals surface area (Å²) in [6, 6.07) is 10.5. The van der Waals surface area contributed by atoms with Crippen molar-refractivity contribution in [1.29, 1.82) is 0 Å². The largest absolute Gasteiger partial charge is 0.573 e. The van der Waals surface area contributed by atoms with Gasteiger partial charge in [0.15, 0.2) is 11.6 Å². The molecule has 0 amide bonds. The maximum Gasteiger partial charge on any atom is 0.573 e. The summed E-state index contributed by atoms with van der Waals surface area (Å²) < 4.78 is 68.8. The van der Waals surface area contributed by atoms with Crippen molar-refractivity contribution in [3.05, 3.63) is 60.2 Å². The Balaban J connectivity index is 1.67. The normalized spacial score (nSPS) is 14.7. The summed E-state index contributed by atoms with van der Waals surface area (Å²) in [5.74, 6) is -1.83. The van der Waals surface area contributed by atoms with Gasteiger partial charge in [-0.2, -0.15) is 4.98 Å². The number of benzene rings is 2. The number of rotatable bonds is 6. The lowest BCUT2D eigenvalue weighted by Crippen LogP contribution is -2.23. The molecule has 0 saturated heterocycles. The third-order valence-corrected chi connectivity index (χ3v) is 5.22. The fourth-order valence-corrected chi connectivity index (χ4v) is 3.73. The average molecular weight is 464 g/mol. The van der Waals surface area contributed by atoms with E-state index in [4.69, 9.17) is 0 Å². The van der Waals surface area contributed by atoms with E-state index in [0.29, 0.717) is 11.3 Å². The predicted octanol–water partition coefficient (Wildman–Crippen LogP) is 6.81. The maximum atomic E-state index is 13.6. The minimum Gasteiger partial charge on any atom is -0.406 e. The van der Waals surface area contributed by atoms with Crippen LogP contribution < -0.4 is 15.4 Å². The molecule has 2 N–H and O–H groups in total. The number of ether oxygens (including phenoxy) is 1. The Hall–Kier alpha value is -3.43. The quantitative estimate of drug-likeness (QED) is 0.393. The summed E-state index contributed by atoms with van der Waals surface area (Å²) in [6.45, 7) is 0. The average Bonchev–Trinajstić information content (AvgIpc) is 2.76. The van der Waals surface area contributed by atoms with Gasteiger partial charge in [-0.05, 0) is 37.1 Å². The molecule has 0 aliphatic heterocycles. The molecule has 0 unspecified atom stereocenters. The number of nitrogens with one attached hydrogen (secondary N) is 2. The van der Waals surface area contributed by atoms with Gasteiger partial charge in [0.25, 0.3) is 0 Å². The molecule has 2 aromatic carbocycles. The van der Waals surface area contributed by atoms with E-state index in [1.165, 1.54) is 30.3 Å². The predicted molar refractivity (Wildman–Crippen MR) is 114 cm³/mol. The highest BCUT2D eigenvalue weighted by Crippen LogP contribution is 2.30. The van der Waals surface area contributed by atoms with Gasteiger partial charge in [-0.1, -0.05) is 31.4 Å². The molecule has 33 heavy (non-hydrogen) atoms. The first-order chi connectivity index (χ1) is 15.7. The van der Waals surface area contributed by atoms with Crippen molar-refractivity contribution in [3.8, 4) is 17.0 Å². The summed E-state index contributed by atoms with van der Waals surface area (Å²) in [6.07, 6.45) is 0.399. The van der Waals surface area contributed by atoms with E-state index < -0.39 is 18.0 Å². The molecular weight excluding hydrogens is 443 g/mol. The number of hydrogen-bond donors (Lipinski definition) is 2. The lowest BCUT2D eigenvalue weighted by atomic mass is 9.96. The minimum absolute atomic E-state index is 0.171. The van der Waals surface area contributed by atoms with E-state index in [9.17, 15) is 22.0 Å². The van der Waals surface area contributed by atoms with Gasteiger partial charge >= 0.3 is 6.36 Å². The molecule has 174 valence electrons. The van der Waals surface area contributed by atoms with Crippen molar-refractivity contribution in [2.45, 2.75) is 44.5 Å². The highest BCUT2D eigenvalue weighted by atomic mass is 19.4. The van der Waals surface area contributed by atoms with Crippen LogP contribution in [0.15, 0.2) is 48.5 Å². The summed E-state index contributed by atoms with van der Waals surface area (Å²) in [5, 5.41) is 6.19. The van der Waals surface area contributed by atoms with E-state index in [-0.39, 0.29) is 29.2 Å². The third kappa shape index (κ3) is 6.30. The first kappa shape index (κ1) is 22.8. The zero-order chi connectivity index (χ0) is 23.4. The van der Waals surface area contributed by atoms with E-state index in [1.807, 2.05) is 0 Å². The van der Waals surface area contributed by atoms with E-state index >= 15 is 0 Å². The molecule has 0 radical (unpaired) electrons. The van der Waals surface area contributed by atoms with Gasteiger partial charge in [0.05, 0.1) is 5.69 Å². The molecule has 1 aromatic heterocycles. The lowest BCUT2D eigenvalue weighted by Gasteiger charge is -2.23. The molecule has 3 aromatic rings. The van der Waals surface area contributed by atoms with Crippen molar-refractivity contribution in [1.82, 2.24) is 9.97 Å². The molecule has 0 atom stereocenters. The second-order valence-corrected chi connectivity index (χ2v) is 7.77. The third-order valence-electron chi connectivity index (χ3n) is 5.22. The number of halogens is 5. The van der Waals surface area contributed by atoms with Gasteiger partial charge in [0.1, 0.15) is 11.6 Å². The Labute approximate surface area is 187 Å². The maximum absolute atomic E-state index is 13.6. The summed E-state index contributed by atoms with van der Waals surface area (Å²) in [4.78, 5) is 8.90. The molecule has 0 spiro atoms. The fraction of sp³-hybridized carbons (Fsp3) is 0.304. The smallest absolute Gasteiger partial charge is 0.406 e. The Kier molecular flexibility index (Phi) is 6.62. The number of anilines is 3. The monoisotopic (exact) mass is 464 g/mol. The van der Waals surface area contributed by atoms with E-state index in [1.54, 1.807) is 6.07 Å². The van der Waals surface area contributed by atoms with Crippen molar-refractivity contribution in [2.75, 3.05) is 10.6 Å². The van der Waals surface area contributed by atoms with Crippen LogP contribution in [0.3, 0.4) is 0 Å². The molecule has 5 nitrogen and oxygen atoms in total. The zero-order valence-corrected chi connectivity index (χ0v) is 17.4.